The van der Waals surface area contributed by atoms with Crippen molar-refractivity contribution in [3.63, 3.8) is 0 Å². The highest BCUT2D eigenvalue weighted by molar-refractivity contribution is 5.94. The van der Waals surface area contributed by atoms with Gasteiger partial charge < -0.3 is 14.5 Å². The second-order valence-electron chi connectivity index (χ2n) is 6.90. The zero-order valence-electron chi connectivity index (χ0n) is 16.2. The van der Waals surface area contributed by atoms with Gasteiger partial charge in [-0.15, -0.1) is 0 Å². The Morgan fingerprint density at radius 2 is 1.90 bits per heavy atom. The fraction of sp³-hybridized carbons (Fsp3) is 0.182. The average Bonchev–Trinajstić information content (AvgIpc) is 2.74. The summed E-state index contributed by atoms with van der Waals surface area (Å²) in [7, 11) is 1.75. The summed E-state index contributed by atoms with van der Waals surface area (Å²) in [6, 6.07) is 14.6. The Bertz CT molecular complexity index is 1110. The number of nitrogens with zero attached hydrogens (tertiary/aromatic N) is 5. The van der Waals surface area contributed by atoms with Crippen molar-refractivity contribution in [1.29, 1.82) is 5.26 Å². The summed E-state index contributed by atoms with van der Waals surface area (Å²) in [5.74, 6) is 1.04. The molecule has 0 unspecified atom stereocenters. The van der Waals surface area contributed by atoms with Crippen LogP contribution in [0.2, 0.25) is 0 Å². The highest BCUT2D eigenvalue weighted by Gasteiger charge is 2.35. The number of nitriles is 1. The lowest BCUT2D eigenvalue weighted by Gasteiger charge is -2.44. The molecule has 8 heteroatoms. The maximum atomic E-state index is 13.0. The van der Waals surface area contributed by atoms with Crippen LogP contribution >= 0.6 is 0 Å². The number of aromatic nitrogens is 2. The van der Waals surface area contributed by atoms with Crippen molar-refractivity contribution in [1.82, 2.24) is 14.9 Å². The summed E-state index contributed by atoms with van der Waals surface area (Å²) >= 11 is 0. The number of amides is 1. The Balaban J connectivity index is 1.41. The van der Waals surface area contributed by atoms with E-state index in [1.165, 1.54) is 30.5 Å². The molecule has 0 saturated carbocycles. The zero-order valence-corrected chi connectivity index (χ0v) is 16.2. The van der Waals surface area contributed by atoms with Crippen molar-refractivity contribution in [2.24, 2.45) is 0 Å². The van der Waals surface area contributed by atoms with Crippen LogP contribution in [0.5, 0.6) is 11.5 Å². The number of hydrogen-bond acceptors (Lipinski definition) is 6. The van der Waals surface area contributed by atoms with Crippen LogP contribution in [-0.4, -0.2) is 47.0 Å². The zero-order chi connectivity index (χ0) is 21.1. The van der Waals surface area contributed by atoms with E-state index < -0.39 is 0 Å². The minimum absolute atomic E-state index is 0.00674. The molecular weight excluding hydrogens is 385 g/mol. The lowest BCUT2D eigenvalue weighted by molar-refractivity contribution is 0.0704. The molecule has 1 aliphatic heterocycles. The van der Waals surface area contributed by atoms with Gasteiger partial charge in [-0.25, -0.2) is 14.4 Å². The first-order valence-electron chi connectivity index (χ1n) is 9.32. The van der Waals surface area contributed by atoms with E-state index in [1.807, 2.05) is 11.0 Å². The summed E-state index contributed by atoms with van der Waals surface area (Å²) in [6.45, 7) is 1.14. The summed E-state index contributed by atoms with van der Waals surface area (Å²) in [5, 5.41) is 9.17. The van der Waals surface area contributed by atoms with Gasteiger partial charge in [0.25, 0.3) is 5.91 Å². The standard InChI is InChI=1S/C22H18FN5O2/c1-27(17-13-28(14-17)21-20(12-24)25-9-10-26-21)22(29)15-3-2-4-19(11-15)30-18-7-5-16(23)6-8-18/h2-11,17H,13-14H2,1H3. The largest absolute Gasteiger partial charge is 0.457 e. The molecule has 7 nitrogen and oxygen atoms in total. The Labute approximate surface area is 173 Å². The second-order valence-corrected chi connectivity index (χ2v) is 6.90. The molecule has 2 aromatic carbocycles. The van der Waals surface area contributed by atoms with Crippen molar-refractivity contribution >= 4 is 11.7 Å². The molecule has 0 radical (unpaired) electrons. The quantitative estimate of drug-likeness (QED) is 0.651. The minimum Gasteiger partial charge on any atom is -0.457 e. The van der Waals surface area contributed by atoms with Gasteiger partial charge in [-0.3, -0.25) is 4.79 Å². The van der Waals surface area contributed by atoms with Crippen molar-refractivity contribution < 1.29 is 13.9 Å². The number of carbonyl (C=O) groups is 1. The van der Waals surface area contributed by atoms with Gasteiger partial charge >= 0.3 is 0 Å². The number of carbonyl (C=O) groups excluding carboxylic acids is 1. The van der Waals surface area contributed by atoms with E-state index in [0.29, 0.717) is 36.0 Å². The Kier molecular flexibility index (Phi) is 5.26. The molecule has 4 rings (SSSR count). The first kappa shape index (κ1) is 19.3. The van der Waals surface area contributed by atoms with Gasteiger partial charge in [0.1, 0.15) is 23.4 Å². The van der Waals surface area contributed by atoms with Gasteiger partial charge in [-0.2, -0.15) is 5.26 Å². The molecule has 1 aliphatic rings. The SMILES string of the molecule is CN(C(=O)c1cccc(Oc2ccc(F)cc2)c1)C1CN(c2nccnc2C#N)C1. The number of ether oxygens (including phenoxy) is 1. The molecule has 0 aliphatic carbocycles. The highest BCUT2D eigenvalue weighted by atomic mass is 19.1. The molecular formula is C22H18FN5O2. The minimum atomic E-state index is -0.342. The number of hydrogen-bond donors (Lipinski definition) is 0. The number of rotatable bonds is 5. The molecule has 1 aromatic heterocycles. The molecule has 0 spiro atoms. The van der Waals surface area contributed by atoms with E-state index in [4.69, 9.17) is 4.74 Å². The van der Waals surface area contributed by atoms with Crippen LogP contribution in [0.15, 0.2) is 60.9 Å². The van der Waals surface area contributed by atoms with Crippen LogP contribution in [0.25, 0.3) is 0 Å². The topological polar surface area (TPSA) is 82.3 Å². The first-order valence-corrected chi connectivity index (χ1v) is 9.32. The number of anilines is 1. The van der Waals surface area contributed by atoms with E-state index in [-0.39, 0.29) is 23.5 Å². The molecule has 0 bridgehead atoms. The van der Waals surface area contributed by atoms with E-state index in [9.17, 15) is 14.4 Å². The Hall–Kier alpha value is -3.99. The molecule has 3 aromatic rings. The third kappa shape index (κ3) is 3.91. The third-order valence-electron chi connectivity index (χ3n) is 4.95. The van der Waals surface area contributed by atoms with E-state index in [2.05, 4.69) is 9.97 Å². The monoisotopic (exact) mass is 403 g/mol. The van der Waals surface area contributed by atoms with Crippen LogP contribution < -0.4 is 9.64 Å². The summed E-state index contributed by atoms with van der Waals surface area (Å²) < 4.78 is 18.8. The van der Waals surface area contributed by atoms with Crippen LogP contribution in [-0.2, 0) is 0 Å². The number of halogens is 1. The molecule has 150 valence electrons. The van der Waals surface area contributed by atoms with Crippen LogP contribution in [0.1, 0.15) is 16.1 Å². The summed E-state index contributed by atoms with van der Waals surface area (Å²) in [5.41, 5.74) is 0.767. The Morgan fingerprint density at radius 1 is 1.17 bits per heavy atom. The Morgan fingerprint density at radius 3 is 2.63 bits per heavy atom. The third-order valence-corrected chi connectivity index (χ3v) is 4.95. The lowest BCUT2D eigenvalue weighted by atomic mass is 10.1. The predicted molar refractivity (Wildman–Crippen MR) is 108 cm³/mol. The summed E-state index contributed by atoms with van der Waals surface area (Å²) in [6.07, 6.45) is 3.03. The van der Waals surface area contributed by atoms with E-state index in [0.717, 1.165) is 0 Å². The van der Waals surface area contributed by atoms with E-state index >= 15 is 0 Å². The molecule has 1 saturated heterocycles. The van der Waals surface area contributed by atoms with Crippen molar-refractivity contribution in [3.05, 3.63) is 78.0 Å². The lowest BCUT2D eigenvalue weighted by Crippen LogP contribution is -2.60. The van der Waals surface area contributed by atoms with Crippen LogP contribution in [0.3, 0.4) is 0 Å². The second kappa shape index (κ2) is 8.17. The van der Waals surface area contributed by atoms with E-state index in [1.54, 1.807) is 42.4 Å². The fourth-order valence-electron chi connectivity index (χ4n) is 3.21. The smallest absolute Gasteiger partial charge is 0.254 e. The average molecular weight is 403 g/mol. The maximum absolute atomic E-state index is 13.0. The van der Waals surface area contributed by atoms with Gasteiger partial charge in [-0.05, 0) is 42.5 Å². The van der Waals surface area contributed by atoms with Crippen molar-refractivity contribution in [3.8, 4) is 17.6 Å². The van der Waals surface area contributed by atoms with Crippen molar-refractivity contribution in [2.45, 2.75) is 6.04 Å². The number of benzene rings is 2. The van der Waals surface area contributed by atoms with Gasteiger partial charge in [0, 0.05) is 38.1 Å². The molecule has 1 amide bonds. The fourth-order valence-corrected chi connectivity index (χ4v) is 3.21. The van der Waals surface area contributed by atoms with Crippen LogP contribution in [0, 0.1) is 17.1 Å². The highest BCUT2D eigenvalue weighted by Crippen LogP contribution is 2.26. The van der Waals surface area contributed by atoms with Gasteiger partial charge in [-0.1, -0.05) is 6.07 Å². The molecule has 0 atom stereocenters. The predicted octanol–water partition coefficient (Wildman–Crippen LogP) is 3.24. The van der Waals surface area contributed by atoms with Gasteiger partial charge in [0.05, 0.1) is 6.04 Å². The summed E-state index contributed by atoms with van der Waals surface area (Å²) in [4.78, 5) is 24.8. The molecule has 1 fully saturated rings. The van der Waals surface area contributed by atoms with Gasteiger partial charge in [0.15, 0.2) is 11.5 Å². The van der Waals surface area contributed by atoms with Gasteiger partial charge in [0.2, 0.25) is 0 Å². The molecule has 30 heavy (non-hydrogen) atoms. The van der Waals surface area contributed by atoms with Crippen LogP contribution in [0.4, 0.5) is 10.2 Å². The maximum Gasteiger partial charge on any atom is 0.254 e. The molecule has 0 N–H and O–H groups in total. The molecule has 2 heterocycles. The van der Waals surface area contributed by atoms with Crippen molar-refractivity contribution in [2.75, 3.05) is 25.0 Å². The first-order chi connectivity index (χ1) is 14.5. The number of likely N-dealkylation sites (N-methyl/N-ethyl adjacent to an activating group) is 1. The normalized spacial score (nSPS) is 13.3.